The molecule has 3 rings (SSSR count). The molecular formula is C19H18F2N6OS. The van der Waals surface area contributed by atoms with Crippen molar-refractivity contribution in [1.29, 1.82) is 0 Å². The van der Waals surface area contributed by atoms with Crippen LogP contribution >= 0.6 is 11.3 Å². The number of aromatic nitrogens is 4. The van der Waals surface area contributed by atoms with Gasteiger partial charge in [-0.1, -0.05) is 17.3 Å². The lowest BCUT2D eigenvalue weighted by Gasteiger charge is -2.04. The number of carbonyl (C=O) groups is 1. The molecule has 10 heteroatoms. The highest BCUT2D eigenvalue weighted by Crippen LogP contribution is 2.21. The number of alkyl halides is 2. The summed E-state index contributed by atoms with van der Waals surface area (Å²) in [6.45, 7) is 1.74. The SMILES string of the molecule is Cc1nc(NC(=O)NCCc2cn(CC(F)F)cn2)sc1C#Cc1cccnc1. The van der Waals surface area contributed by atoms with Gasteiger partial charge in [-0.05, 0) is 25.0 Å². The Hall–Kier alpha value is -3.32. The molecule has 0 aromatic carbocycles. The number of hydrogen-bond donors (Lipinski definition) is 2. The number of nitrogens with one attached hydrogen (secondary N) is 2. The summed E-state index contributed by atoms with van der Waals surface area (Å²) in [6.07, 6.45) is 4.26. The van der Waals surface area contributed by atoms with Crippen molar-refractivity contribution in [2.45, 2.75) is 26.3 Å². The second-order valence-corrected chi connectivity index (χ2v) is 7.01. The first kappa shape index (κ1) is 20.4. The van der Waals surface area contributed by atoms with Crippen LogP contribution in [-0.4, -0.2) is 38.5 Å². The average Bonchev–Trinajstić information content (AvgIpc) is 3.26. The van der Waals surface area contributed by atoms with Gasteiger partial charge in [0, 0.05) is 37.1 Å². The van der Waals surface area contributed by atoms with Gasteiger partial charge in [0.05, 0.1) is 24.3 Å². The van der Waals surface area contributed by atoms with Gasteiger partial charge in [-0.2, -0.15) is 0 Å². The lowest BCUT2D eigenvalue weighted by Crippen LogP contribution is -2.30. The van der Waals surface area contributed by atoms with Crippen LogP contribution in [0.15, 0.2) is 37.1 Å². The van der Waals surface area contributed by atoms with Gasteiger partial charge in [0.1, 0.15) is 4.88 Å². The van der Waals surface area contributed by atoms with Crippen LogP contribution in [0.3, 0.4) is 0 Å². The zero-order chi connectivity index (χ0) is 20.6. The third-order valence-corrected chi connectivity index (χ3v) is 4.69. The number of rotatable bonds is 6. The Morgan fingerprint density at radius 2 is 2.24 bits per heavy atom. The van der Waals surface area contributed by atoms with Crippen molar-refractivity contribution in [3.8, 4) is 11.8 Å². The summed E-state index contributed by atoms with van der Waals surface area (Å²) in [5.74, 6) is 6.04. The highest BCUT2D eigenvalue weighted by Gasteiger charge is 2.10. The summed E-state index contributed by atoms with van der Waals surface area (Å²) in [5.41, 5.74) is 2.15. The monoisotopic (exact) mass is 416 g/mol. The first-order valence-electron chi connectivity index (χ1n) is 8.72. The molecule has 0 unspecified atom stereocenters. The Balaban J connectivity index is 1.48. The highest BCUT2D eigenvalue weighted by atomic mass is 32.1. The normalized spacial score (nSPS) is 10.5. The Morgan fingerprint density at radius 1 is 1.38 bits per heavy atom. The van der Waals surface area contributed by atoms with Crippen LogP contribution in [-0.2, 0) is 13.0 Å². The molecule has 0 spiro atoms. The van der Waals surface area contributed by atoms with Crippen molar-refractivity contribution in [2.75, 3.05) is 11.9 Å². The van der Waals surface area contributed by atoms with Crippen molar-refractivity contribution < 1.29 is 13.6 Å². The summed E-state index contributed by atoms with van der Waals surface area (Å²) in [5, 5.41) is 5.80. The minimum Gasteiger partial charge on any atom is -0.337 e. The van der Waals surface area contributed by atoms with E-state index in [-0.39, 0.29) is 0 Å². The Kier molecular flexibility index (Phi) is 6.86. The van der Waals surface area contributed by atoms with Crippen molar-refractivity contribution in [1.82, 2.24) is 24.8 Å². The topological polar surface area (TPSA) is 84.7 Å². The second kappa shape index (κ2) is 9.75. The minimum atomic E-state index is -2.43. The highest BCUT2D eigenvalue weighted by molar-refractivity contribution is 7.16. The third kappa shape index (κ3) is 6.36. The molecule has 0 aliphatic rings. The number of amides is 2. The van der Waals surface area contributed by atoms with E-state index in [2.05, 4.69) is 37.4 Å². The molecule has 0 fully saturated rings. The van der Waals surface area contributed by atoms with Crippen LogP contribution in [0, 0.1) is 18.8 Å². The largest absolute Gasteiger partial charge is 0.337 e. The van der Waals surface area contributed by atoms with Crippen molar-refractivity contribution >= 4 is 22.5 Å². The summed E-state index contributed by atoms with van der Waals surface area (Å²) < 4.78 is 26.0. The van der Waals surface area contributed by atoms with Gasteiger partial charge in [0.25, 0.3) is 6.43 Å². The van der Waals surface area contributed by atoms with E-state index in [0.29, 0.717) is 23.8 Å². The molecule has 0 atom stereocenters. The lowest BCUT2D eigenvalue weighted by molar-refractivity contribution is 0.126. The summed E-state index contributed by atoms with van der Waals surface area (Å²) in [6, 6.07) is 3.27. The maximum atomic E-state index is 12.3. The molecule has 0 aliphatic carbocycles. The second-order valence-electron chi connectivity index (χ2n) is 6.01. The summed E-state index contributed by atoms with van der Waals surface area (Å²) in [4.78, 5) is 25.1. The molecule has 0 bridgehead atoms. The van der Waals surface area contributed by atoms with Gasteiger partial charge >= 0.3 is 6.03 Å². The van der Waals surface area contributed by atoms with Crippen LogP contribution in [0.1, 0.15) is 21.8 Å². The zero-order valence-corrected chi connectivity index (χ0v) is 16.3. The van der Waals surface area contributed by atoms with E-state index >= 15 is 0 Å². The number of carbonyl (C=O) groups excluding carboxylic acids is 1. The summed E-state index contributed by atoms with van der Waals surface area (Å²) in [7, 11) is 0. The number of imidazole rings is 1. The number of nitrogens with zero attached hydrogens (tertiary/aromatic N) is 4. The molecule has 150 valence electrons. The summed E-state index contributed by atoms with van der Waals surface area (Å²) >= 11 is 1.28. The van der Waals surface area contributed by atoms with Crippen molar-refractivity contribution in [3.63, 3.8) is 0 Å². The van der Waals surface area contributed by atoms with Crippen LogP contribution in [0.2, 0.25) is 0 Å². The number of halogens is 2. The standard InChI is InChI=1S/C19H18F2N6OS/c1-13-16(5-4-14-3-2-7-22-9-14)29-19(25-13)26-18(28)23-8-6-15-10-27(12-24-15)11-17(20)21/h2-3,7,9-10,12,17H,6,8,11H2,1H3,(H2,23,25,26,28). The van der Waals surface area contributed by atoms with E-state index in [0.717, 1.165) is 16.1 Å². The van der Waals surface area contributed by atoms with E-state index in [1.54, 1.807) is 18.6 Å². The Labute approximate surface area is 170 Å². The molecular weight excluding hydrogens is 398 g/mol. The molecule has 0 radical (unpaired) electrons. The molecule has 3 aromatic rings. The molecule has 29 heavy (non-hydrogen) atoms. The number of urea groups is 1. The van der Waals surface area contributed by atoms with Crippen LogP contribution < -0.4 is 10.6 Å². The first-order valence-corrected chi connectivity index (χ1v) is 9.54. The van der Waals surface area contributed by atoms with Crippen LogP contribution in [0.5, 0.6) is 0 Å². The fourth-order valence-electron chi connectivity index (χ4n) is 2.37. The van der Waals surface area contributed by atoms with Crippen molar-refractivity contribution in [2.24, 2.45) is 0 Å². The van der Waals surface area contributed by atoms with E-state index < -0.39 is 19.0 Å². The molecule has 3 heterocycles. The smallest absolute Gasteiger partial charge is 0.321 e. The van der Waals surface area contributed by atoms with Crippen LogP contribution in [0.4, 0.5) is 18.7 Å². The number of anilines is 1. The van der Waals surface area contributed by atoms with Gasteiger partial charge in [0.15, 0.2) is 5.13 Å². The number of pyridine rings is 1. The maximum Gasteiger partial charge on any atom is 0.321 e. The van der Waals surface area contributed by atoms with E-state index in [1.165, 1.54) is 22.2 Å². The van der Waals surface area contributed by atoms with Gasteiger partial charge in [0.2, 0.25) is 0 Å². The van der Waals surface area contributed by atoms with E-state index in [1.807, 2.05) is 19.1 Å². The molecule has 3 aromatic heterocycles. The zero-order valence-electron chi connectivity index (χ0n) is 15.5. The quantitative estimate of drug-likeness (QED) is 0.605. The minimum absolute atomic E-state index is 0.315. The molecule has 0 saturated carbocycles. The van der Waals surface area contributed by atoms with Gasteiger partial charge in [-0.25, -0.2) is 23.5 Å². The number of aryl methyl sites for hydroxylation is 1. The Bertz CT molecular complexity index is 1020. The van der Waals surface area contributed by atoms with Gasteiger partial charge < -0.3 is 9.88 Å². The predicted octanol–water partition coefficient (Wildman–Crippen LogP) is 3.07. The van der Waals surface area contributed by atoms with Gasteiger partial charge in [-0.15, -0.1) is 0 Å². The Morgan fingerprint density at radius 3 is 3.00 bits per heavy atom. The van der Waals surface area contributed by atoms with Crippen LogP contribution in [0.25, 0.3) is 0 Å². The number of thiazole rings is 1. The van der Waals surface area contributed by atoms with E-state index in [4.69, 9.17) is 0 Å². The van der Waals surface area contributed by atoms with Gasteiger partial charge in [-0.3, -0.25) is 10.3 Å². The molecule has 0 aliphatic heterocycles. The fourth-order valence-corrected chi connectivity index (χ4v) is 3.19. The maximum absolute atomic E-state index is 12.3. The average molecular weight is 416 g/mol. The molecule has 7 nitrogen and oxygen atoms in total. The lowest BCUT2D eigenvalue weighted by atomic mass is 10.3. The molecule has 2 amide bonds. The van der Waals surface area contributed by atoms with Crippen molar-refractivity contribution in [3.05, 3.63) is 58.9 Å². The first-order chi connectivity index (χ1) is 14.0. The van der Waals surface area contributed by atoms with E-state index in [9.17, 15) is 13.6 Å². The molecule has 0 saturated heterocycles. The fraction of sp³-hybridized carbons (Fsp3) is 0.263. The number of hydrogen-bond acceptors (Lipinski definition) is 5. The molecule has 2 N–H and O–H groups in total. The third-order valence-electron chi connectivity index (χ3n) is 3.70. The predicted molar refractivity (Wildman–Crippen MR) is 106 cm³/mol.